The summed E-state index contributed by atoms with van der Waals surface area (Å²) in [5, 5.41) is 10.3. The largest absolute Gasteiger partial charge is 0.463 e. The summed E-state index contributed by atoms with van der Waals surface area (Å²) in [5.74, 6) is 5.37. The Labute approximate surface area is 265 Å². The van der Waals surface area contributed by atoms with Crippen molar-refractivity contribution in [3.63, 3.8) is 0 Å². The van der Waals surface area contributed by atoms with Crippen molar-refractivity contribution in [1.29, 1.82) is 0 Å². The van der Waals surface area contributed by atoms with Gasteiger partial charge in [0.1, 0.15) is 6.10 Å². The zero-order valence-corrected chi connectivity index (χ0v) is 28.5. The lowest BCUT2D eigenvalue weighted by molar-refractivity contribution is -0.170. The third-order valence-electron chi connectivity index (χ3n) is 12.4. The molecule has 1 N–H and O–H groups in total. The highest BCUT2D eigenvalue weighted by Crippen LogP contribution is 2.44. The number of hydrogen-bond acceptors (Lipinski definition) is 5. The van der Waals surface area contributed by atoms with E-state index in [0.717, 1.165) is 73.7 Å². The molecule has 43 heavy (non-hydrogen) atoms. The van der Waals surface area contributed by atoms with Gasteiger partial charge in [0.15, 0.2) is 6.29 Å². The molecule has 0 aliphatic heterocycles. The van der Waals surface area contributed by atoms with E-state index in [4.69, 9.17) is 14.2 Å². The Morgan fingerprint density at radius 1 is 0.721 bits per heavy atom. The normalized spacial score (nSPS) is 33.8. The van der Waals surface area contributed by atoms with Crippen LogP contribution in [-0.2, 0) is 19.0 Å². The van der Waals surface area contributed by atoms with Crippen molar-refractivity contribution in [2.75, 3.05) is 6.61 Å². The maximum absolute atomic E-state index is 11.4. The molecule has 4 atom stereocenters. The first-order chi connectivity index (χ1) is 20.8. The van der Waals surface area contributed by atoms with Crippen LogP contribution >= 0.6 is 0 Å². The van der Waals surface area contributed by atoms with Crippen molar-refractivity contribution < 1.29 is 24.1 Å². The first kappa shape index (κ1) is 35.2. The van der Waals surface area contributed by atoms with Gasteiger partial charge >= 0.3 is 5.97 Å². The molecule has 4 unspecified atom stereocenters. The topological polar surface area (TPSA) is 65.0 Å². The van der Waals surface area contributed by atoms with Crippen LogP contribution in [0, 0.1) is 41.4 Å². The van der Waals surface area contributed by atoms with Gasteiger partial charge in [0.25, 0.3) is 0 Å². The summed E-state index contributed by atoms with van der Waals surface area (Å²) in [4.78, 5) is 11.4. The molecule has 5 heteroatoms. The summed E-state index contributed by atoms with van der Waals surface area (Å²) in [5.41, 5.74) is 0. The molecule has 4 rings (SSSR count). The number of aliphatic hydroxyl groups is 1. The molecule has 4 saturated carbocycles. The van der Waals surface area contributed by atoms with E-state index in [9.17, 15) is 9.90 Å². The number of aliphatic hydroxyl groups excluding tert-OH is 1. The lowest BCUT2D eigenvalue weighted by Gasteiger charge is -2.41. The van der Waals surface area contributed by atoms with Crippen LogP contribution in [0.4, 0.5) is 0 Å². The zero-order chi connectivity index (χ0) is 30.6. The van der Waals surface area contributed by atoms with E-state index in [1.807, 2.05) is 0 Å². The summed E-state index contributed by atoms with van der Waals surface area (Å²) in [7, 11) is 0. The molecule has 0 aromatic rings. The highest BCUT2D eigenvalue weighted by atomic mass is 16.7. The summed E-state index contributed by atoms with van der Waals surface area (Å²) in [6.45, 7) is 9.43. The number of esters is 1. The van der Waals surface area contributed by atoms with Crippen molar-refractivity contribution in [1.82, 2.24) is 0 Å². The summed E-state index contributed by atoms with van der Waals surface area (Å²) in [6.07, 6.45) is 26.3. The fourth-order valence-electron chi connectivity index (χ4n) is 9.70. The van der Waals surface area contributed by atoms with Gasteiger partial charge in [-0.25, -0.2) is 0 Å². The molecule has 4 fully saturated rings. The van der Waals surface area contributed by atoms with E-state index in [1.165, 1.54) is 109 Å². The van der Waals surface area contributed by atoms with Crippen LogP contribution in [0.15, 0.2) is 0 Å². The smallest absolute Gasteiger partial charge is 0.302 e. The lowest BCUT2D eigenvalue weighted by Crippen LogP contribution is -2.33. The van der Waals surface area contributed by atoms with Crippen molar-refractivity contribution in [3.8, 4) is 0 Å². The van der Waals surface area contributed by atoms with Gasteiger partial charge in [-0.3, -0.25) is 4.79 Å². The van der Waals surface area contributed by atoms with E-state index >= 15 is 0 Å². The van der Waals surface area contributed by atoms with Crippen LogP contribution in [0.3, 0.4) is 0 Å². The van der Waals surface area contributed by atoms with Gasteiger partial charge in [0, 0.05) is 13.5 Å². The Hall–Kier alpha value is -0.650. The third-order valence-corrected chi connectivity index (χ3v) is 12.4. The SMILES string of the molecule is CCC(CC(CC(C)C1CCC(OC(C)=O)CC1)C1CCC(O)CC1)C1CCC(OC(C)OCCC2CCCCC2)CC1. The number of ether oxygens (including phenoxy) is 3. The molecule has 0 bridgehead atoms. The number of hydrogen-bond donors (Lipinski definition) is 1. The fourth-order valence-corrected chi connectivity index (χ4v) is 9.70. The second-order valence-electron chi connectivity index (χ2n) is 15.5. The van der Waals surface area contributed by atoms with E-state index in [2.05, 4.69) is 20.8 Å². The van der Waals surface area contributed by atoms with Crippen molar-refractivity contribution in [2.45, 2.75) is 187 Å². The third kappa shape index (κ3) is 11.9. The number of carbonyl (C=O) groups excluding carboxylic acids is 1. The van der Waals surface area contributed by atoms with Gasteiger partial charge in [-0.05, 0) is 145 Å². The van der Waals surface area contributed by atoms with Crippen molar-refractivity contribution >= 4 is 5.97 Å². The molecule has 0 aromatic carbocycles. The van der Waals surface area contributed by atoms with Gasteiger partial charge in [-0.2, -0.15) is 0 Å². The average molecular weight is 605 g/mol. The highest BCUT2D eigenvalue weighted by molar-refractivity contribution is 5.66. The van der Waals surface area contributed by atoms with Gasteiger partial charge < -0.3 is 19.3 Å². The zero-order valence-electron chi connectivity index (χ0n) is 28.5. The highest BCUT2D eigenvalue weighted by Gasteiger charge is 2.36. The van der Waals surface area contributed by atoms with Crippen LogP contribution in [0.2, 0.25) is 0 Å². The van der Waals surface area contributed by atoms with E-state index in [-0.39, 0.29) is 24.5 Å². The molecule has 0 radical (unpaired) electrons. The minimum absolute atomic E-state index is 0.0799. The lowest BCUT2D eigenvalue weighted by atomic mass is 9.66. The standard InChI is InChI=1S/C38H68O5/c1-5-31(33-15-21-38(22-16-33)43-29(4)41-24-23-30-9-7-6-8-10-30)26-35(34-11-17-36(40)18-12-34)25-27(2)32-13-19-37(20-14-32)42-28(3)39/h27,29-38,40H,5-26H2,1-4H3. The second-order valence-corrected chi connectivity index (χ2v) is 15.5. The molecular weight excluding hydrogens is 536 g/mol. The van der Waals surface area contributed by atoms with E-state index in [0.29, 0.717) is 6.10 Å². The quantitative estimate of drug-likeness (QED) is 0.149. The van der Waals surface area contributed by atoms with Crippen LogP contribution in [0.5, 0.6) is 0 Å². The van der Waals surface area contributed by atoms with Gasteiger partial charge in [-0.1, -0.05) is 52.4 Å². The Morgan fingerprint density at radius 2 is 1.30 bits per heavy atom. The molecule has 0 spiro atoms. The summed E-state index contributed by atoms with van der Waals surface area (Å²) >= 11 is 0. The molecule has 4 aliphatic carbocycles. The van der Waals surface area contributed by atoms with E-state index < -0.39 is 0 Å². The molecular formula is C38H68O5. The first-order valence-electron chi connectivity index (χ1n) is 18.9. The van der Waals surface area contributed by atoms with Crippen LogP contribution in [0.1, 0.15) is 163 Å². The Kier molecular flexibility index (Phi) is 15.1. The van der Waals surface area contributed by atoms with Gasteiger partial charge in [-0.15, -0.1) is 0 Å². The molecule has 0 aromatic heterocycles. The Morgan fingerprint density at radius 3 is 1.93 bits per heavy atom. The summed E-state index contributed by atoms with van der Waals surface area (Å²) < 4.78 is 18.1. The minimum atomic E-state index is -0.130. The number of rotatable bonds is 15. The molecule has 4 aliphatic rings. The maximum atomic E-state index is 11.4. The Bertz CT molecular complexity index is 756. The fraction of sp³-hybridized carbons (Fsp3) is 0.974. The monoisotopic (exact) mass is 605 g/mol. The van der Waals surface area contributed by atoms with Gasteiger partial charge in [0.2, 0.25) is 0 Å². The van der Waals surface area contributed by atoms with Crippen LogP contribution in [0.25, 0.3) is 0 Å². The molecule has 0 heterocycles. The Balaban J connectivity index is 1.23. The average Bonchev–Trinajstić information content (AvgIpc) is 3.00. The van der Waals surface area contributed by atoms with Crippen molar-refractivity contribution in [3.05, 3.63) is 0 Å². The first-order valence-corrected chi connectivity index (χ1v) is 18.9. The molecule has 5 nitrogen and oxygen atoms in total. The van der Waals surface area contributed by atoms with Crippen molar-refractivity contribution in [2.24, 2.45) is 41.4 Å². The molecule has 250 valence electrons. The molecule has 0 amide bonds. The maximum Gasteiger partial charge on any atom is 0.302 e. The number of carbonyl (C=O) groups is 1. The summed E-state index contributed by atoms with van der Waals surface area (Å²) in [6, 6.07) is 0. The minimum Gasteiger partial charge on any atom is -0.463 e. The van der Waals surface area contributed by atoms with Gasteiger partial charge in [0.05, 0.1) is 12.2 Å². The van der Waals surface area contributed by atoms with E-state index in [1.54, 1.807) is 6.92 Å². The molecule has 0 saturated heterocycles. The second kappa shape index (κ2) is 18.5. The van der Waals surface area contributed by atoms with Crippen LogP contribution in [-0.4, -0.2) is 42.3 Å². The predicted molar refractivity (Wildman–Crippen MR) is 175 cm³/mol. The van der Waals surface area contributed by atoms with Crippen LogP contribution < -0.4 is 0 Å². The predicted octanol–water partition coefficient (Wildman–Crippen LogP) is 9.63.